The zero-order valence-corrected chi connectivity index (χ0v) is 10.2. The van der Waals surface area contributed by atoms with Crippen molar-refractivity contribution in [3.8, 4) is 0 Å². The maximum Gasteiger partial charge on any atom is 0.408 e. The van der Waals surface area contributed by atoms with Gasteiger partial charge in [0.1, 0.15) is 12.3 Å². The zero-order chi connectivity index (χ0) is 13.0. The van der Waals surface area contributed by atoms with Gasteiger partial charge in [-0.3, -0.25) is 0 Å². The molecule has 0 saturated heterocycles. The zero-order valence-electron chi connectivity index (χ0n) is 10.2. The third-order valence-electron chi connectivity index (χ3n) is 1.68. The minimum absolute atomic E-state index is 0.711. The molecule has 1 N–H and O–H groups in total. The first-order valence-electron chi connectivity index (χ1n) is 4.80. The van der Waals surface area contributed by atoms with Crippen LogP contribution in [0.3, 0.4) is 0 Å². The van der Waals surface area contributed by atoms with Gasteiger partial charge in [-0.2, -0.15) is 0 Å². The van der Waals surface area contributed by atoms with Crippen molar-refractivity contribution in [3.05, 3.63) is 0 Å². The number of halogens is 1. The molecule has 1 atom stereocenters. The van der Waals surface area contributed by atoms with Gasteiger partial charge in [0.05, 0.1) is 7.11 Å². The molecule has 0 aromatic rings. The summed E-state index contributed by atoms with van der Waals surface area (Å²) in [7, 11) is 1.12. The number of ether oxygens (including phenoxy) is 2. The first-order valence-corrected chi connectivity index (χ1v) is 4.80. The Kier molecular flexibility index (Phi) is 4.71. The lowest BCUT2D eigenvalue weighted by atomic mass is 10.1. The molecule has 0 aliphatic heterocycles. The van der Waals surface area contributed by atoms with Crippen LogP contribution in [-0.2, 0) is 14.3 Å². The quantitative estimate of drug-likeness (QED) is 0.751. The van der Waals surface area contributed by atoms with Gasteiger partial charge < -0.3 is 14.8 Å². The molecule has 0 aromatic heterocycles. The molecule has 94 valence electrons. The number of nitrogens with one attached hydrogen (secondary N) is 1. The van der Waals surface area contributed by atoms with Crippen LogP contribution in [-0.4, -0.2) is 37.0 Å². The van der Waals surface area contributed by atoms with Crippen LogP contribution in [0.2, 0.25) is 0 Å². The fourth-order valence-corrected chi connectivity index (χ4v) is 0.893. The summed E-state index contributed by atoms with van der Waals surface area (Å²) in [4.78, 5) is 22.6. The van der Waals surface area contributed by atoms with Crippen LogP contribution >= 0.6 is 0 Å². The summed E-state index contributed by atoms with van der Waals surface area (Å²) in [5, 5.41) is 2.14. The summed E-state index contributed by atoms with van der Waals surface area (Å²) in [5.74, 6) is -0.860. The van der Waals surface area contributed by atoms with Crippen LogP contribution in [0.5, 0.6) is 0 Å². The fourth-order valence-electron chi connectivity index (χ4n) is 0.893. The van der Waals surface area contributed by atoms with E-state index in [-0.39, 0.29) is 0 Å². The second kappa shape index (κ2) is 5.14. The van der Waals surface area contributed by atoms with Crippen LogP contribution in [0.4, 0.5) is 9.18 Å². The van der Waals surface area contributed by atoms with Crippen molar-refractivity contribution in [2.75, 3.05) is 13.8 Å². The smallest absolute Gasteiger partial charge is 0.408 e. The third-order valence-corrected chi connectivity index (χ3v) is 1.68. The van der Waals surface area contributed by atoms with Crippen LogP contribution in [0.25, 0.3) is 0 Å². The molecule has 0 unspecified atom stereocenters. The Morgan fingerprint density at radius 1 is 1.25 bits per heavy atom. The molecule has 0 aliphatic rings. The normalized spacial score (nSPS) is 14.9. The first-order chi connectivity index (χ1) is 7.14. The van der Waals surface area contributed by atoms with Gasteiger partial charge in [-0.05, 0) is 27.7 Å². The number of hydrogen-bond acceptors (Lipinski definition) is 4. The molecule has 0 radical (unpaired) electrons. The maximum absolute atomic E-state index is 12.7. The Morgan fingerprint density at radius 2 is 1.75 bits per heavy atom. The van der Waals surface area contributed by atoms with Crippen LogP contribution in [0.1, 0.15) is 27.7 Å². The molecule has 5 nitrogen and oxygen atoms in total. The largest absolute Gasteiger partial charge is 0.467 e. The van der Waals surface area contributed by atoms with Crippen molar-refractivity contribution in [1.29, 1.82) is 0 Å². The van der Waals surface area contributed by atoms with Crippen molar-refractivity contribution in [3.63, 3.8) is 0 Å². The van der Waals surface area contributed by atoms with Crippen molar-refractivity contribution in [2.24, 2.45) is 0 Å². The van der Waals surface area contributed by atoms with Crippen LogP contribution < -0.4 is 5.32 Å². The van der Waals surface area contributed by atoms with E-state index < -0.39 is 29.9 Å². The Balaban J connectivity index is 4.55. The highest BCUT2D eigenvalue weighted by Crippen LogP contribution is 2.11. The molecule has 0 aliphatic carbocycles. The molecule has 16 heavy (non-hydrogen) atoms. The van der Waals surface area contributed by atoms with Gasteiger partial charge in [0.25, 0.3) is 0 Å². The molecular weight excluding hydrogens is 217 g/mol. The third kappa shape index (κ3) is 4.46. The highest BCUT2D eigenvalue weighted by molar-refractivity contribution is 5.85. The molecule has 0 heterocycles. The summed E-state index contributed by atoms with van der Waals surface area (Å²) in [6.45, 7) is 5.15. The average Bonchev–Trinajstić information content (AvgIpc) is 2.13. The number of carbonyl (C=O) groups excluding carboxylic acids is 2. The van der Waals surface area contributed by atoms with E-state index in [1.807, 2.05) is 0 Å². The number of hydrogen-bond donors (Lipinski definition) is 1. The lowest BCUT2D eigenvalue weighted by molar-refractivity contribution is -0.148. The summed E-state index contributed by atoms with van der Waals surface area (Å²) in [5.41, 5.74) is -2.42. The number of alkyl halides is 1. The number of amides is 1. The molecule has 0 spiro atoms. The van der Waals surface area contributed by atoms with Gasteiger partial charge >= 0.3 is 12.1 Å². The van der Waals surface area contributed by atoms with Crippen LogP contribution in [0, 0.1) is 0 Å². The number of methoxy groups -OCH3 is 1. The number of esters is 1. The Labute approximate surface area is 94.3 Å². The molecule has 6 heteroatoms. The van der Waals surface area contributed by atoms with E-state index in [4.69, 9.17) is 4.74 Å². The highest BCUT2D eigenvalue weighted by atomic mass is 19.1. The highest BCUT2D eigenvalue weighted by Gasteiger charge is 2.37. The topological polar surface area (TPSA) is 64.6 Å². The predicted octanol–water partition coefficient (Wildman–Crippen LogP) is 1.41. The second-order valence-electron chi connectivity index (χ2n) is 4.58. The number of carbonyl (C=O) groups is 2. The van der Waals surface area contributed by atoms with E-state index >= 15 is 0 Å². The Bertz CT molecular complexity index is 274. The molecule has 0 aromatic carbocycles. The molecule has 0 rings (SSSR count). The summed E-state index contributed by atoms with van der Waals surface area (Å²) >= 11 is 0. The van der Waals surface area contributed by atoms with Gasteiger partial charge in [-0.1, -0.05) is 0 Å². The second-order valence-corrected chi connectivity index (χ2v) is 4.58. The summed E-state index contributed by atoms with van der Waals surface area (Å²) in [6, 6.07) is 0. The molecular formula is C10H18FNO4. The van der Waals surface area contributed by atoms with E-state index in [1.54, 1.807) is 20.8 Å². The fraction of sp³-hybridized carbons (Fsp3) is 0.800. The minimum atomic E-state index is -1.71. The monoisotopic (exact) mass is 235 g/mol. The van der Waals surface area contributed by atoms with Crippen LogP contribution in [0.15, 0.2) is 0 Å². The molecule has 0 bridgehead atoms. The maximum atomic E-state index is 12.7. The summed E-state index contributed by atoms with van der Waals surface area (Å²) in [6.07, 6.45) is -0.863. The number of alkyl carbamates (subject to hydrolysis) is 1. The lowest BCUT2D eigenvalue weighted by Crippen LogP contribution is -2.55. The van der Waals surface area contributed by atoms with E-state index in [9.17, 15) is 14.0 Å². The first kappa shape index (κ1) is 14.7. The molecule has 1 amide bonds. The van der Waals surface area contributed by atoms with Gasteiger partial charge in [0.15, 0.2) is 5.54 Å². The van der Waals surface area contributed by atoms with E-state index in [0.29, 0.717) is 0 Å². The van der Waals surface area contributed by atoms with Crippen molar-refractivity contribution < 1.29 is 23.5 Å². The van der Waals surface area contributed by atoms with E-state index in [0.717, 1.165) is 7.11 Å². The number of rotatable bonds is 3. The summed E-state index contributed by atoms with van der Waals surface area (Å²) < 4.78 is 22.0. The Morgan fingerprint density at radius 3 is 2.06 bits per heavy atom. The molecule has 0 saturated carbocycles. The van der Waals surface area contributed by atoms with Crippen molar-refractivity contribution in [1.82, 2.24) is 5.32 Å². The van der Waals surface area contributed by atoms with Gasteiger partial charge in [-0.25, -0.2) is 14.0 Å². The molecule has 0 fully saturated rings. The SMILES string of the molecule is COC(=O)[C@](C)(CF)NC(=O)OC(C)(C)C. The minimum Gasteiger partial charge on any atom is -0.467 e. The van der Waals surface area contributed by atoms with Crippen molar-refractivity contribution >= 4 is 12.1 Å². The van der Waals surface area contributed by atoms with E-state index in [2.05, 4.69) is 10.1 Å². The predicted molar refractivity (Wildman–Crippen MR) is 55.8 cm³/mol. The lowest BCUT2D eigenvalue weighted by Gasteiger charge is -2.27. The van der Waals surface area contributed by atoms with Crippen molar-refractivity contribution in [2.45, 2.75) is 38.8 Å². The standard InChI is InChI=1S/C10H18FNO4/c1-9(2,3)16-8(14)12-10(4,6-11)7(13)15-5/h6H2,1-5H3,(H,12,14)/t10-/m0/s1. The average molecular weight is 235 g/mol. The Hall–Kier alpha value is -1.33. The van der Waals surface area contributed by atoms with E-state index in [1.165, 1.54) is 6.92 Å². The van der Waals surface area contributed by atoms with Gasteiger partial charge in [0.2, 0.25) is 0 Å². The van der Waals surface area contributed by atoms with Gasteiger partial charge in [0, 0.05) is 0 Å². The van der Waals surface area contributed by atoms with Gasteiger partial charge in [-0.15, -0.1) is 0 Å².